The van der Waals surface area contributed by atoms with Gasteiger partial charge in [0, 0.05) is 17.2 Å². The molecule has 0 saturated carbocycles. The Bertz CT molecular complexity index is 705. The van der Waals surface area contributed by atoms with E-state index in [-0.39, 0.29) is 23.6 Å². The highest BCUT2D eigenvalue weighted by atomic mass is 16.5. The van der Waals surface area contributed by atoms with Gasteiger partial charge in [0.15, 0.2) is 0 Å². The molecule has 0 saturated heterocycles. The zero-order valence-corrected chi connectivity index (χ0v) is 14.8. The first-order valence-corrected chi connectivity index (χ1v) is 8.01. The van der Waals surface area contributed by atoms with Gasteiger partial charge in [-0.15, -0.1) is 0 Å². The SMILES string of the molecule is COc1ccc(O)c([C@H](C)NC(=O)[C@@H](C)Cc2c(C)n[nH]c2C)c1. The van der Waals surface area contributed by atoms with E-state index in [0.29, 0.717) is 17.7 Å². The maximum Gasteiger partial charge on any atom is 0.223 e. The summed E-state index contributed by atoms with van der Waals surface area (Å²) in [7, 11) is 1.57. The molecule has 1 aromatic heterocycles. The lowest BCUT2D eigenvalue weighted by Gasteiger charge is -2.19. The van der Waals surface area contributed by atoms with Crippen molar-refractivity contribution >= 4 is 5.91 Å². The van der Waals surface area contributed by atoms with Crippen molar-refractivity contribution in [1.29, 1.82) is 0 Å². The third-order valence-corrected chi connectivity index (χ3v) is 4.30. The number of aromatic amines is 1. The molecule has 1 amide bonds. The average molecular weight is 331 g/mol. The van der Waals surface area contributed by atoms with Gasteiger partial charge in [0.2, 0.25) is 5.91 Å². The van der Waals surface area contributed by atoms with Crippen LogP contribution in [0, 0.1) is 19.8 Å². The number of ether oxygens (including phenoxy) is 1. The van der Waals surface area contributed by atoms with Gasteiger partial charge in [-0.05, 0) is 51.0 Å². The minimum Gasteiger partial charge on any atom is -0.508 e. The summed E-state index contributed by atoms with van der Waals surface area (Å²) in [6.45, 7) is 7.62. The van der Waals surface area contributed by atoms with Gasteiger partial charge in [0.05, 0.1) is 18.8 Å². The number of phenols is 1. The van der Waals surface area contributed by atoms with Crippen molar-refractivity contribution < 1.29 is 14.6 Å². The van der Waals surface area contributed by atoms with Crippen LogP contribution in [0.25, 0.3) is 0 Å². The van der Waals surface area contributed by atoms with E-state index >= 15 is 0 Å². The zero-order chi connectivity index (χ0) is 17.9. The Morgan fingerprint density at radius 1 is 1.38 bits per heavy atom. The number of aryl methyl sites for hydroxylation is 2. The normalized spacial score (nSPS) is 13.4. The lowest BCUT2D eigenvalue weighted by Crippen LogP contribution is -2.32. The van der Waals surface area contributed by atoms with Gasteiger partial charge in [0.1, 0.15) is 11.5 Å². The third kappa shape index (κ3) is 3.88. The number of benzene rings is 1. The molecular weight excluding hydrogens is 306 g/mol. The molecule has 0 fully saturated rings. The standard InChI is InChI=1S/C18H25N3O3/c1-10(8-15-12(3)20-21-13(15)4)18(23)19-11(2)16-9-14(24-5)6-7-17(16)22/h6-7,9-11,22H,8H2,1-5H3,(H,19,23)(H,20,21)/t10-,11-/m0/s1. The van der Waals surface area contributed by atoms with Crippen LogP contribution in [0.15, 0.2) is 18.2 Å². The van der Waals surface area contributed by atoms with E-state index in [1.54, 1.807) is 25.3 Å². The Morgan fingerprint density at radius 3 is 2.67 bits per heavy atom. The molecule has 6 nitrogen and oxygen atoms in total. The molecule has 6 heteroatoms. The molecule has 0 bridgehead atoms. The second kappa shape index (κ2) is 7.38. The van der Waals surface area contributed by atoms with E-state index in [1.165, 1.54) is 0 Å². The molecule has 0 unspecified atom stereocenters. The minimum absolute atomic E-state index is 0.0651. The second-order valence-corrected chi connectivity index (χ2v) is 6.17. The first-order valence-electron chi connectivity index (χ1n) is 8.01. The highest BCUT2D eigenvalue weighted by Gasteiger charge is 2.20. The van der Waals surface area contributed by atoms with E-state index in [9.17, 15) is 9.90 Å². The summed E-state index contributed by atoms with van der Waals surface area (Å²) in [5.74, 6) is 0.513. The number of carbonyl (C=O) groups is 1. The van der Waals surface area contributed by atoms with Crippen LogP contribution in [0.2, 0.25) is 0 Å². The molecule has 24 heavy (non-hydrogen) atoms. The van der Waals surface area contributed by atoms with Crippen LogP contribution in [0.3, 0.4) is 0 Å². The minimum atomic E-state index is -0.318. The molecule has 0 spiro atoms. The summed E-state index contributed by atoms with van der Waals surface area (Å²) >= 11 is 0. The first kappa shape index (κ1) is 17.8. The smallest absolute Gasteiger partial charge is 0.223 e. The van der Waals surface area contributed by atoms with Crippen molar-refractivity contribution in [2.24, 2.45) is 5.92 Å². The lowest BCUT2D eigenvalue weighted by atomic mass is 9.98. The van der Waals surface area contributed by atoms with Gasteiger partial charge in [-0.25, -0.2) is 0 Å². The van der Waals surface area contributed by atoms with E-state index in [1.807, 2.05) is 27.7 Å². The highest BCUT2D eigenvalue weighted by molar-refractivity contribution is 5.79. The quantitative estimate of drug-likeness (QED) is 0.759. The van der Waals surface area contributed by atoms with Crippen molar-refractivity contribution in [1.82, 2.24) is 15.5 Å². The number of nitrogens with one attached hydrogen (secondary N) is 2. The maximum absolute atomic E-state index is 12.5. The summed E-state index contributed by atoms with van der Waals surface area (Å²) in [6, 6.07) is 4.66. The van der Waals surface area contributed by atoms with Crippen LogP contribution in [0.1, 0.15) is 42.4 Å². The van der Waals surface area contributed by atoms with Gasteiger partial charge in [-0.1, -0.05) is 6.92 Å². The Kier molecular flexibility index (Phi) is 5.49. The van der Waals surface area contributed by atoms with Crippen LogP contribution in [0.4, 0.5) is 0 Å². The Hall–Kier alpha value is -2.50. The predicted octanol–water partition coefficient (Wildman–Crippen LogP) is 2.80. The molecular formula is C18H25N3O3. The van der Waals surface area contributed by atoms with E-state index in [0.717, 1.165) is 17.0 Å². The summed E-state index contributed by atoms with van der Waals surface area (Å²) in [5, 5.41) is 20.1. The number of hydrogen-bond donors (Lipinski definition) is 3. The molecule has 3 N–H and O–H groups in total. The summed E-state index contributed by atoms with van der Waals surface area (Å²) in [5.41, 5.74) is 3.62. The fourth-order valence-corrected chi connectivity index (χ4v) is 2.71. The number of carbonyl (C=O) groups excluding carboxylic acids is 1. The fraction of sp³-hybridized carbons (Fsp3) is 0.444. The molecule has 0 radical (unpaired) electrons. The van der Waals surface area contributed by atoms with Gasteiger partial charge in [-0.3, -0.25) is 9.89 Å². The summed E-state index contributed by atoms with van der Waals surface area (Å²) in [4.78, 5) is 12.5. The molecule has 2 rings (SSSR count). The molecule has 130 valence electrons. The Balaban J connectivity index is 2.06. The van der Waals surface area contributed by atoms with Crippen LogP contribution < -0.4 is 10.1 Å². The molecule has 1 aromatic carbocycles. The van der Waals surface area contributed by atoms with Crippen molar-refractivity contribution in [2.75, 3.05) is 7.11 Å². The topological polar surface area (TPSA) is 87.2 Å². The number of methoxy groups -OCH3 is 1. The van der Waals surface area contributed by atoms with Gasteiger partial charge >= 0.3 is 0 Å². The monoisotopic (exact) mass is 331 g/mol. The van der Waals surface area contributed by atoms with Crippen LogP contribution in [0.5, 0.6) is 11.5 Å². The largest absolute Gasteiger partial charge is 0.508 e. The number of nitrogens with zero attached hydrogens (tertiary/aromatic N) is 1. The molecule has 0 aliphatic heterocycles. The third-order valence-electron chi connectivity index (χ3n) is 4.30. The molecule has 0 aliphatic rings. The second-order valence-electron chi connectivity index (χ2n) is 6.17. The molecule has 2 aromatic rings. The Morgan fingerprint density at radius 2 is 2.08 bits per heavy atom. The molecule has 0 aliphatic carbocycles. The van der Waals surface area contributed by atoms with Gasteiger partial charge in [-0.2, -0.15) is 5.10 Å². The van der Waals surface area contributed by atoms with E-state index < -0.39 is 0 Å². The number of rotatable bonds is 6. The molecule has 1 heterocycles. The number of phenolic OH excluding ortho intramolecular Hbond substituents is 1. The van der Waals surface area contributed by atoms with E-state index in [4.69, 9.17) is 4.74 Å². The van der Waals surface area contributed by atoms with Gasteiger partial charge < -0.3 is 15.2 Å². The number of amides is 1. The summed E-state index contributed by atoms with van der Waals surface area (Å²) in [6.07, 6.45) is 0.622. The van der Waals surface area contributed by atoms with Crippen LogP contribution in [-0.4, -0.2) is 28.3 Å². The highest BCUT2D eigenvalue weighted by Crippen LogP contribution is 2.28. The number of hydrogen-bond acceptors (Lipinski definition) is 4. The Labute approximate surface area is 142 Å². The average Bonchev–Trinajstić information content (AvgIpc) is 2.87. The van der Waals surface area contributed by atoms with Gasteiger partial charge in [0.25, 0.3) is 0 Å². The lowest BCUT2D eigenvalue weighted by molar-refractivity contribution is -0.125. The number of aromatic hydroxyl groups is 1. The van der Waals surface area contributed by atoms with Crippen molar-refractivity contribution in [3.8, 4) is 11.5 Å². The number of aromatic nitrogens is 2. The molecule has 2 atom stereocenters. The first-order chi connectivity index (χ1) is 11.3. The predicted molar refractivity (Wildman–Crippen MR) is 92.1 cm³/mol. The van der Waals surface area contributed by atoms with E-state index in [2.05, 4.69) is 15.5 Å². The number of H-pyrrole nitrogens is 1. The zero-order valence-electron chi connectivity index (χ0n) is 14.8. The van der Waals surface area contributed by atoms with Crippen LogP contribution >= 0.6 is 0 Å². The fourth-order valence-electron chi connectivity index (χ4n) is 2.71. The van der Waals surface area contributed by atoms with Crippen LogP contribution in [-0.2, 0) is 11.2 Å². The summed E-state index contributed by atoms with van der Waals surface area (Å²) < 4.78 is 5.17. The van der Waals surface area contributed by atoms with Crippen molar-refractivity contribution in [3.63, 3.8) is 0 Å². The van der Waals surface area contributed by atoms with Crippen molar-refractivity contribution in [2.45, 2.75) is 40.2 Å². The van der Waals surface area contributed by atoms with Crippen molar-refractivity contribution in [3.05, 3.63) is 40.7 Å². The maximum atomic E-state index is 12.5.